The van der Waals surface area contributed by atoms with Gasteiger partial charge in [0, 0.05) is 13.5 Å². The Bertz CT molecular complexity index is 612. The SMILES string of the molecule is CNC(=O)CCS(=O)(=O)c1cc(C(=O)O)ccc1F. The van der Waals surface area contributed by atoms with Crippen LogP contribution in [0.25, 0.3) is 0 Å². The highest BCUT2D eigenvalue weighted by atomic mass is 32.2. The second-order valence-corrected chi connectivity index (χ2v) is 5.77. The largest absolute Gasteiger partial charge is 0.478 e. The van der Waals surface area contributed by atoms with E-state index in [9.17, 15) is 22.4 Å². The van der Waals surface area contributed by atoms with E-state index in [4.69, 9.17) is 5.11 Å². The lowest BCUT2D eigenvalue weighted by molar-refractivity contribution is -0.120. The summed E-state index contributed by atoms with van der Waals surface area (Å²) in [6.45, 7) is 0. The number of carboxylic acid groups (broad SMARTS) is 1. The van der Waals surface area contributed by atoms with E-state index < -0.39 is 38.2 Å². The number of carbonyl (C=O) groups excluding carboxylic acids is 1. The molecule has 0 aromatic heterocycles. The smallest absolute Gasteiger partial charge is 0.335 e. The zero-order valence-electron chi connectivity index (χ0n) is 10.0. The van der Waals surface area contributed by atoms with Gasteiger partial charge in [0.25, 0.3) is 0 Å². The minimum Gasteiger partial charge on any atom is -0.478 e. The average molecular weight is 289 g/mol. The number of hydrogen-bond acceptors (Lipinski definition) is 4. The van der Waals surface area contributed by atoms with E-state index in [0.717, 1.165) is 18.2 Å². The minimum atomic E-state index is -4.05. The summed E-state index contributed by atoms with van der Waals surface area (Å²) in [4.78, 5) is 21.0. The van der Waals surface area contributed by atoms with Crippen molar-refractivity contribution in [2.75, 3.05) is 12.8 Å². The molecule has 0 heterocycles. The molecule has 2 N–H and O–H groups in total. The van der Waals surface area contributed by atoms with Gasteiger partial charge in [-0.15, -0.1) is 0 Å². The predicted molar refractivity (Wildman–Crippen MR) is 64.1 cm³/mol. The van der Waals surface area contributed by atoms with Crippen LogP contribution in [0.4, 0.5) is 4.39 Å². The summed E-state index contributed by atoms with van der Waals surface area (Å²) in [7, 11) is -2.70. The molecule has 0 aliphatic heterocycles. The Morgan fingerprint density at radius 1 is 1.37 bits per heavy atom. The summed E-state index contributed by atoms with van der Waals surface area (Å²) in [5.41, 5.74) is -0.333. The zero-order chi connectivity index (χ0) is 14.6. The average Bonchev–Trinajstić information content (AvgIpc) is 2.36. The van der Waals surface area contributed by atoms with E-state index in [-0.39, 0.29) is 12.0 Å². The maximum Gasteiger partial charge on any atom is 0.335 e. The molecular formula is C11H12FNO5S. The third kappa shape index (κ3) is 3.75. The summed E-state index contributed by atoms with van der Waals surface area (Å²) >= 11 is 0. The molecule has 0 bridgehead atoms. The fourth-order valence-corrected chi connectivity index (χ4v) is 2.68. The minimum absolute atomic E-state index is 0.324. The number of nitrogens with one attached hydrogen (secondary N) is 1. The standard InChI is InChI=1S/C11H12FNO5S/c1-13-10(14)4-5-19(17,18)9-6-7(11(15)16)2-3-8(9)12/h2-3,6H,4-5H2,1H3,(H,13,14)(H,15,16). The van der Waals surface area contributed by atoms with Crippen molar-refractivity contribution >= 4 is 21.7 Å². The maximum atomic E-state index is 13.5. The van der Waals surface area contributed by atoms with Gasteiger partial charge in [-0.05, 0) is 18.2 Å². The molecule has 0 unspecified atom stereocenters. The monoisotopic (exact) mass is 289 g/mol. The summed E-state index contributed by atoms with van der Waals surface area (Å²) < 4.78 is 37.1. The highest BCUT2D eigenvalue weighted by Crippen LogP contribution is 2.18. The molecule has 0 atom stereocenters. The molecule has 104 valence electrons. The molecule has 0 fully saturated rings. The molecule has 1 aromatic rings. The second kappa shape index (κ2) is 5.79. The van der Waals surface area contributed by atoms with Crippen molar-refractivity contribution in [2.24, 2.45) is 0 Å². The molecule has 1 amide bonds. The number of rotatable bonds is 5. The summed E-state index contributed by atoms with van der Waals surface area (Å²) in [6.07, 6.45) is -0.324. The molecule has 0 radical (unpaired) electrons. The Morgan fingerprint density at radius 3 is 2.53 bits per heavy atom. The number of amides is 1. The molecule has 19 heavy (non-hydrogen) atoms. The normalized spacial score (nSPS) is 11.1. The third-order valence-electron chi connectivity index (χ3n) is 2.39. The van der Waals surface area contributed by atoms with Crippen LogP contribution in [-0.2, 0) is 14.6 Å². The molecular weight excluding hydrogens is 277 g/mol. The number of hydrogen-bond donors (Lipinski definition) is 2. The second-order valence-electron chi connectivity index (χ2n) is 3.69. The number of halogens is 1. The number of carboxylic acids is 1. The van der Waals surface area contributed by atoms with Gasteiger partial charge in [-0.25, -0.2) is 17.6 Å². The van der Waals surface area contributed by atoms with Crippen molar-refractivity contribution in [3.05, 3.63) is 29.6 Å². The van der Waals surface area contributed by atoms with Crippen LogP contribution in [-0.4, -0.2) is 38.2 Å². The number of carbonyl (C=O) groups is 2. The van der Waals surface area contributed by atoms with Crippen LogP contribution in [0.2, 0.25) is 0 Å². The number of aromatic carboxylic acids is 1. The fourth-order valence-electron chi connectivity index (χ4n) is 1.34. The van der Waals surface area contributed by atoms with Crippen molar-refractivity contribution in [3.63, 3.8) is 0 Å². The van der Waals surface area contributed by atoms with Crippen LogP contribution in [0.1, 0.15) is 16.8 Å². The molecule has 0 spiro atoms. The van der Waals surface area contributed by atoms with Crippen molar-refractivity contribution in [1.82, 2.24) is 5.32 Å². The lowest BCUT2D eigenvalue weighted by Crippen LogP contribution is -2.22. The fraction of sp³-hybridized carbons (Fsp3) is 0.273. The van der Waals surface area contributed by atoms with Gasteiger partial charge in [0.1, 0.15) is 10.7 Å². The van der Waals surface area contributed by atoms with Crippen LogP contribution in [0, 0.1) is 5.82 Å². The Morgan fingerprint density at radius 2 is 2.00 bits per heavy atom. The highest BCUT2D eigenvalue weighted by Gasteiger charge is 2.22. The summed E-state index contributed by atoms with van der Waals surface area (Å²) in [5.74, 6) is -3.49. The van der Waals surface area contributed by atoms with Crippen molar-refractivity contribution in [1.29, 1.82) is 0 Å². The van der Waals surface area contributed by atoms with Crippen LogP contribution in [0.5, 0.6) is 0 Å². The van der Waals surface area contributed by atoms with E-state index in [1.807, 2.05) is 0 Å². The maximum absolute atomic E-state index is 13.5. The van der Waals surface area contributed by atoms with E-state index in [0.29, 0.717) is 0 Å². The van der Waals surface area contributed by atoms with E-state index in [1.54, 1.807) is 0 Å². The number of benzene rings is 1. The van der Waals surface area contributed by atoms with E-state index in [1.165, 1.54) is 7.05 Å². The van der Waals surface area contributed by atoms with Gasteiger partial charge < -0.3 is 10.4 Å². The van der Waals surface area contributed by atoms with Gasteiger partial charge in [0.05, 0.1) is 11.3 Å². The first-order chi connectivity index (χ1) is 8.77. The Kier molecular flexibility index (Phi) is 4.60. The van der Waals surface area contributed by atoms with Gasteiger partial charge in [-0.3, -0.25) is 4.79 Å². The number of sulfone groups is 1. The predicted octanol–water partition coefficient (Wildman–Crippen LogP) is 0.434. The van der Waals surface area contributed by atoms with Gasteiger partial charge in [-0.1, -0.05) is 0 Å². The van der Waals surface area contributed by atoms with E-state index in [2.05, 4.69) is 5.32 Å². The molecule has 8 heteroatoms. The van der Waals surface area contributed by atoms with Crippen LogP contribution in [0.15, 0.2) is 23.1 Å². The quantitative estimate of drug-likeness (QED) is 0.819. The Hall–Kier alpha value is -1.96. The van der Waals surface area contributed by atoms with Crippen molar-refractivity contribution < 1.29 is 27.5 Å². The Balaban J connectivity index is 3.10. The molecule has 1 rings (SSSR count). The van der Waals surface area contributed by atoms with Gasteiger partial charge in [-0.2, -0.15) is 0 Å². The molecule has 1 aromatic carbocycles. The lowest BCUT2D eigenvalue weighted by atomic mass is 10.2. The molecule has 0 saturated carbocycles. The molecule has 0 saturated heterocycles. The van der Waals surface area contributed by atoms with Crippen LogP contribution >= 0.6 is 0 Å². The van der Waals surface area contributed by atoms with Gasteiger partial charge in [0.2, 0.25) is 5.91 Å². The van der Waals surface area contributed by atoms with E-state index >= 15 is 0 Å². The highest BCUT2D eigenvalue weighted by molar-refractivity contribution is 7.91. The van der Waals surface area contributed by atoms with Gasteiger partial charge in [0.15, 0.2) is 9.84 Å². The lowest BCUT2D eigenvalue weighted by Gasteiger charge is -2.06. The summed E-state index contributed by atoms with van der Waals surface area (Å²) in [5, 5.41) is 11.0. The topological polar surface area (TPSA) is 101 Å². The first kappa shape index (κ1) is 15.1. The summed E-state index contributed by atoms with van der Waals surface area (Å²) in [6, 6.07) is 2.49. The Labute approximate surface area is 109 Å². The molecule has 0 aliphatic rings. The van der Waals surface area contributed by atoms with Gasteiger partial charge >= 0.3 is 5.97 Å². The van der Waals surface area contributed by atoms with Crippen LogP contribution in [0.3, 0.4) is 0 Å². The third-order valence-corrected chi connectivity index (χ3v) is 4.11. The van der Waals surface area contributed by atoms with Crippen molar-refractivity contribution in [3.8, 4) is 0 Å². The molecule has 6 nitrogen and oxygen atoms in total. The zero-order valence-corrected chi connectivity index (χ0v) is 10.8. The first-order valence-corrected chi connectivity index (χ1v) is 6.89. The first-order valence-electron chi connectivity index (χ1n) is 5.24. The molecule has 0 aliphatic carbocycles. The van der Waals surface area contributed by atoms with Crippen molar-refractivity contribution in [2.45, 2.75) is 11.3 Å². The van der Waals surface area contributed by atoms with Crippen LogP contribution < -0.4 is 5.32 Å².